The number of carbonyl (C=O) groups is 3. The lowest BCUT2D eigenvalue weighted by Crippen LogP contribution is -2.48. The summed E-state index contributed by atoms with van der Waals surface area (Å²) in [4.78, 5) is 41.7. The van der Waals surface area contributed by atoms with Crippen LogP contribution in [0.3, 0.4) is 0 Å². The number of fused-ring (bicyclic) bond motifs is 1. The number of likely N-dealkylation sites (N-methyl/N-ethyl adjacent to an activating group) is 1. The molecule has 0 aliphatic carbocycles. The van der Waals surface area contributed by atoms with Crippen molar-refractivity contribution in [2.45, 2.75) is 45.1 Å². The fraction of sp³-hybridized carbons (Fsp3) is 0.429. The van der Waals surface area contributed by atoms with Crippen LogP contribution in [0.4, 0.5) is 29.3 Å². The summed E-state index contributed by atoms with van der Waals surface area (Å²) in [6.45, 7) is 3.48. The molecule has 3 aromatic rings. The largest absolute Gasteiger partial charge is 0.488 e. The monoisotopic (exact) mass is 618 g/mol. The van der Waals surface area contributed by atoms with E-state index >= 15 is 0 Å². The van der Waals surface area contributed by atoms with Gasteiger partial charge in [0, 0.05) is 36.4 Å². The Hall–Kier alpha value is -4.73. The molecule has 1 aliphatic heterocycles. The van der Waals surface area contributed by atoms with E-state index in [1.807, 2.05) is 6.92 Å². The van der Waals surface area contributed by atoms with Gasteiger partial charge < -0.3 is 30.3 Å². The molecule has 3 N–H and O–H groups in total. The number of benzene rings is 2. The summed E-state index contributed by atoms with van der Waals surface area (Å²) in [7, 11) is 1.52. The smallest absolute Gasteiger partial charge is 0.416 e. The third-order valence-corrected chi connectivity index (χ3v) is 7.16. The maximum absolute atomic E-state index is 13.4. The minimum absolute atomic E-state index is 0.0625. The summed E-state index contributed by atoms with van der Waals surface area (Å²) in [5.74, 6) is -0.579. The van der Waals surface area contributed by atoms with Crippen molar-refractivity contribution in [3.05, 3.63) is 59.9 Å². The molecule has 1 aromatic heterocycles. The highest BCUT2D eigenvalue weighted by atomic mass is 19.4. The molecule has 0 saturated carbocycles. The molecule has 4 rings (SSSR count). The van der Waals surface area contributed by atoms with Gasteiger partial charge in [-0.3, -0.25) is 9.59 Å². The fourth-order valence-corrected chi connectivity index (χ4v) is 4.64. The van der Waals surface area contributed by atoms with Gasteiger partial charge in [-0.2, -0.15) is 13.2 Å². The second-order valence-electron chi connectivity index (χ2n) is 10.7. The van der Waals surface area contributed by atoms with Gasteiger partial charge in [-0.05, 0) is 59.8 Å². The average Bonchev–Trinajstić information content (AvgIpc) is 3.49. The van der Waals surface area contributed by atoms with Crippen molar-refractivity contribution in [1.29, 1.82) is 0 Å². The first-order valence-electron chi connectivity index (χ1n) is 13.7. The van der Waals surface area contributed by atoms with Crippen molar-refractivity contribution in [2.75, 3.05) is 37.4 Å². The predicted octanol–water partition coefficient (Wildman–Crippen LogP) is 2.64. The highest BCUT2D eigenvalue weighted by Crippen LogP contribution is 2.31. The van der Waals surface area contributed by atoms with Crippen molar-refractivity contribution < 1.29 is 37.4 Å². The predicted molar refractivity (Wildman–Crippen MR) is 152 cm³/mol. The van der Waals surface area contributed by atoms with E-state index in [-0.39, 0.29) is 50.2 Å². The SMILES string of the molecule is C[C@H](CO)N1C[C@H](C)[C@@H](CN(C)C(=O)Nc2ccc(C(F)(F)F)cc2)Oc2ccc(NC(=O)Cn3cnnn3)cc2CC1=O. The molecule has 2 aromatic carbocycles. The van der Waals surface area contributed by atoms with Crippen LogP contribution in [0.15, 0.2) is 48.8 Å². The van der Waals surface area contributed by atoms with Gasteiger partial charge >= 0.3 is 12.2 Å². The number of aliphatic hydroxyl groups is 1. The van der Waals surface area contributed by atoms with Crippen LogP contribution >= 0.6 is 0 Å². The van der Waals surface area contributed by atoms with Crippen molar-refractivity contribution in [3.63, 3.8) is 0 Å². The zero-order valence-corrected chi connectivity index (χ0v) is 24.3. The molecule has 4 amide bonds. The normalized spacial score (nSPS) is 17.8. The Morgan fingerprint density at radius 1 is 1.16 bits per heavy atom. The van der Waals surface area contributed by atoms with Crippen LogP contribution in [0, 0.1) is 5.92 Å². The van der Waals surface area contributed by atoms with Crippen molar-refractivity contribution in [1.82, 2.24) is 30.0 Å². The standard InChI is InChI=1S/C28H33F3N8O5/c1-17-12-39(18(2)15-40)26(42)11-19-10-22(33-25(41)14-38-16-32-35-36-38)8-9-23(19)44-24(17)13-37(3)27(43)34-21-6-4-20(5-7-21)28(29,30)31/h4-10,16-18,24,40H,11-15H2,1-3H3,(H,33,41)(H,34,43)/t17-,18+,24+/m0/s1. The highest BCUT2D eigenvalue weighted by molar-refractivity contribution is 5.91. The molecule has 16 heteroatoms. The van der Waals surface area contributed by atoms with Crippen LogP contribution in [0.1, 0.15) is 25.0 Å². The van der Waals surface area contributed by atoms with E-state index in [4.69, 9.17) is 4.74 Å². The summed E-state index contributed by atoms with van der Waals surface area (Å²) in [5.41, 5.74) is 0.256. The second-order valence-corrected chi connectivity index (χ2v) is 10.7. The van der Waals surface area contributed by atoms with Gasteiger partial charge in [0.1, 0.15) is 24.7 Å². The Labute approximate surface area is 251 Å². The number of urea groups is 1. The number of nitrogens with one attached hydrogen (secondary N) is 2. The number of anilines is 2. The van der Waals surface area contributed by atoms with E-state index in [9.17, 15) is 32.7 Å². The van der Waals surface area contributed by atoms with Crippen LogP contribution in [0.2, 0.25) is 0 Å². The average molecular weight is 619 g/mol. The molecule has 0 saturated heterocycles. The van der Waals surface area contributed by atoms with E-state index in [1.54, 1.807) is 30.0 Å². The van der Waals surface area contributed by atoms with Gasteiger partial charge in [0.05, 0.1) is 31.2 Å². The maximum atomic E-state index is 13.4. The van der Waals surface area contributed by atoms with E-state index in [0.717, 1.165) is 12.1 Å². The molecular formula is C28H33F3N8O5. The van der Waals surface area contributed by atoms with E-state index < -0.39 is 35.8 Å². The number of tetrazole rings is 1. The third-order valence-electron chi connectivity index (χ3n) is 7.16. The molecule has 0 fully saturated rings. The number of nitrogens with zero attached hydrogens (tertiary/aromatic N) is 6. The van der Waals surface area contributed by atoms with Gasteiger partial charge in [0.2, 0.25) is 11.8 Å². The highest BCUT2D eigenvalue weighted by Gasteiger charge is 2.32. The Balaban J connectivity index is 1.53. The third kappa shape index (κ3) is 8.21. The zero-order chi connectivity index (χ0) is 32.0. The van der Waals surface area contributed by atoms with Crippen LogP contribution in [-0.4, -0.2) is 91.8 Å². The Morgan fingerprint density at radius 3 is 2.50 bits per heavy atom. The molecule has 13 nitrogen and oxygen atoms in total. The summed E-state index contributed by atoms with van der Waals surface area (Å²) >= 11 is 0. The van der Waals surface area contributed by atoms with E-state index in [2.05, 4.69) is 26.2 Å². The van der Waals surface area contributed by atoms with E-state index in [1.165, 1.54) is 35.1 Å². The van der Waals surface area contributed by atoms with Crippen LogP contribution in [-0.2, 0) is 28.7 Å². The minimum Gasteiger partial charge on any atom is -0.488 e. The second kappa shape index (κ2) is 13.7. The lowest BCUT2D eigenvalue weighted by atomic mass is 10.0. The number of hydrogen-bond donors (Lipinski definition) is 3. The lowest BCUT2D eigenvalue weighted by Gasteiger charge is -2.34. The summed E-state index contributed by atoms with van der Waals surface area (Å²) in [6, 6.07) is 7.91. The molecular weight excluding hydrogens is 585 g/mol. The minimum atomic E-state index is -4.50. The van der Waals surface area contributed by atoms with Gasteiger partial charge in [-0.15, -0.1) is 5.10 Å². The quantitative estimate of drug-likeness (QED) is 0.348. The first kappa shape index (κ1) is 32.2. The molecule has 44 heavy (non-hydrogen) atoms. The molecule has 0 spiro atoms. The van der Waals surface area contributed by atoms with Crippen molar-refractivity contribution in [3.8, 4) is 5.75 Å². The Bertz CT molecular complexity index is 1450. The van der Waals surface area contributed by atoms with Crippen molar-refractivity contribution >= 4 is 29.2 Å². The van der Waals surface area contributed by atoms with Gasteiger partial charge in [0.25, 0.3) is 0 Å². The number of alkyl halides is 3. The van der Waals surface area contributed by atoms with Crippen LogP contribution in [0.25, 0.3) is 0 Å². The molecule has 0 radical (unpaired) electrons. The number of aliphatic hydroxyl groups excluding tert-OH is 1. The molecule has 2 heterocycles. The summed E-state index contributed by atoms with van der Waals surface area (Å²) in [5, 5.41) is 25.8. The molecule has 0 bridgehead atoms. The van der Waals surface area contributed by atoms with Gasteiger partial charge in [-0.25, -0.2) is 9.48 Å². The number of hydrogen-bond acceptors (Lipinski definition) is 8. The topological polar surface area (TPSA) is 155 Å². The lowest BCUT2D eigenvalue weighted by molar-refractivity contribution is -0.137. The number of ether oxygens (including phenoxy) is 1. The number of carbonyl (C=O) groups excluding carboxylic acids is 3. The Kier molecular flexibility index (Phi) is 10.0. The maximum Gasteiger partial charge on any atom is 0.416 e. The number of halogens is 3. The molecule has 0 unspecified atom stereocenters. The number of amides is 4. The first-order valence-corrected chi connectivity index (χ1v) is 13.7. The van der Waals surface area contributed by atoms with Crippen LogP contribution < -0.4 is 15.4 Å². The van der Waals surface area contributed by atoms with Gasteiger partial charge in [-0.1, -0.05) is 6.92 Å². The number of rotatable bonds is 8. The Morgan fingerprint density at radius 2 is 1.86 bits per heavy atom. The first-order chi connectivity index (χ1) is 20.8. The van der Waals surface area contributed by atoms with Crippen LogP contribution in [0.5, 0.6) is 5.75 Å². The zero-order valence-electron chi connectivity index (χ0n) is 24.3. The summed E-state index contributed by atoms with van der Waals surface area (Å²) in [6.07, 6.45) is -3.89. The summed E-state index contributed by atoms with van der Waals surface area (Å²) < 4.78 is 46.3. The van der Waals surface area contributed by atoms with E-state index in [0.29, 0.717) is 17.0 Å². The number of aromatic nitrogens is 4. The molecule has 1 aliphatic rings. The fourth-order valence-electron chi connectivity index (χ4n) is 4.64. The van der Waals surface area contributed by atoms with Crippen molar-refractivity contribution in [2.24, 2.45) is 5.92 Å². The van der Waals surface area contributed by atoms with Gasteiger partial charge in [0.15, 0.2) is 0 Å². The molecule has 236 valence electrons. The molecule has 3 atom stereocenters.